The van der Waals surface area contributed by atoms with Crippen LogP contribution in [0, 0.1) is 11.3 Å². The van der Waals surface area contributed by atoms with Crippen molar-refractivity contribution in [1.29, 1.82) is 0 Å². The molecule has 1 heterocycles. The van der Waals surface area contributed by atoms with Crippen LogP contribution in [0.15, 0.2) is 29.6 Å². The molecule has 258 valence electrons. The van der Waals surface area contributed by atoms with Crippen LogP contribution in [-0.2, 0) is 20.7 Å². The average molecular weight is 659 g/mol. The molecular formula is C36H58N4O5S. The van der Waals surface area contributed by atoms with Gasteiger partial charge in [0.15, 0.2) is 0 Å². The lowest BCUT2D eigenvalue weighted by atomic mass is 9.84. The fourth-order valence-corrected chi connectivity index (χ4v) is 6.55. The van der Waals surface area contributed by atoms with Crippen molar-refractivity contribution < 1.29 is 24.2 Å². The number of benzene rings is 1. The van der Waals surface area contributed by atoms with Gasteiger partial charge in [-0.3, -0.25) is 14.4 Å². The van der Waals surface area contributed by atoms with Crippen LogP contribution in [-0.4, -0.2) is 58.0 Å². The van der Waals surface area contributed by atoms with E-state index in [9.17, 15) is 19.5 Å². The maximum atomic E-state index is 13.5. The first kappa shape index (κ1) is 39.2. The van der Waals surface area contributed by atoms with Gasteiger partial charge >= 0.3 is 5.97 Å². The number of nitrogens with zero attached hydrogens (tertiary/aromatic N) is 2. The van der Waals surface area contributed by atoms with Crippen LogP contribution < -0.4 is 11.1 Å². The summed E-state index contributed by atoms with van der Waals surface area (Å²) in [7, 11) is 0. The molecular weight excluding hydrogens is 600 g/mol. The Labute approximate surface area is 280 Å². The highest BCUT2D eigenvalue weighted by Gasteiger charge is 2.33. The number of nitrogens with two attached hydrogens (primary N) is 1. The molecule has 1 aromatic heterocycles. The summed E-state index contributed by atoms with van der Waals surface area (Å²) in [4.78, 5) is 45.7. The number of anilines is 1. The Bertz CT molecular complexity index is 1210. The van der Waals surface area contributed by atoms with Gasteiger partial charge in [0.25, 0.3) is 5.91 Å². The summed E-state index contributed by atoms with van der Waals surface area (Å²) in [5.41, 5.74) is 6.67. The monoisotopic (exact) mass is 658 g/mol. The molecule has 2 amide bonds. The van der Waals surface area contributed by atoms with E-state index in [1.54, 1.807) is 31.4 Å². The molecule has 10 heteroatoms. The molecule has 2 aromatic rings. The van der Waals surface area contributed by atoms with Crippen molar-refractivity contribution >= 4 is 34.8 Å². The maximum absolute atomic E-state index is 13.5. The number of rotatable bonds is 22. The van der Waals surface area contributed by atoms with Crippen molar-refractivity contribution in [3.05, 3.63) is 45.9 Å². The van der Waals surface area contributed by atoms with Crippen molar-refractivity contribution in [1.82, 2.24) is 15.2 Å². The average Bonchev–Trinajstić information content (AvgIpc) is 3.50. The van der Waals surface area contributed by atoms with Crippen LogP contribution in [0.2, 0.25) is 0 Å². The number of thiazole rings is 1. The fourth-order valence-electron chi connectivity index (χ4n) is 5.69. The summed E-state index contributed by atoms with van der Waals surface area (Å²) in [5, 5.41) is 15.3. The Kier molecular flexibility index (Phi) is 16.7. The minimum absolute atomic E-state index is 0.0220. The number of ether oxygens (including phenoxy) is 1. The number of carboxylic acids is 1. The molecule has 0 radical (unpaired) electrons. The van der Waals surface area contributed by atoms with Gasteiger partial charge in [-0.05, 0) is 70.1 Å². The Morgan fingerprint density at radius 2 is 1.72 bits per heavy atom. The zero-order chi connectivity index (χ0) is 34.3. The van der Waals surface area contributed by atoms with E-state index in [1.165, 1.54) is 11.3 Å². The predicted molar refractivity (Wildman–Crippen MR) is 187 cm³/mol. The van der Waals surface area contributed by atoms with Gasteiger partial charge in [0, 0.05) is 49.1 Å². The largest absolute Gasteiger partial charge is 0.481 e. The molecule has 3 atom stereocenters. The second-order valence-corrected chi connectivity index (χ2v) is 14.2. The number of aliphatic carboxylic acids is 1. The molecule has 9 nitrogen and oxygen atoms in total. The van der Waals surface area contributed by atoms with E-state index in [2.05, 4.69) is 37.9 Å². The highest BCUT2D eigenvalue weighted by Crippen LogP contribution is 2.31. The molecule has 0 saturated carbocycles. The third kappa shape index (κ3) is 12.7. The second-order valence-electron chi connectivity index (χ2n) is 13.3. The molecule has 4 N–H and O–H groups in total. The minimum Gasteiger partial charge on any atom is -0.481 e. The molecule has 0 fully saturated rings. The number of aromatic nitrogens is 1. The van der Waals surface area contributed by atoms with Crippen molar-refractivity contribution in [2.75, 3.05) is 18.9 Å². The number of nitrogen functional groups attached to an aromatic ring is 1. The third-order valence-corrected chi connectivity index (χ3v) is 9.41. The number of amides is 2. The molecule has 2 rings (SSSR count). The molecule has 0 aliphatic carbocycles. The normalized spacial score (nSPS) is 13.7. The third-order valence-electron chi connectivity index (χ3n) is 8.47. The van der Waals surface area contributed by atoms with Gasteiger partial charge < -0.3 is 25.8 Å². The number of hydrogen-bond donors (Lipinski definition) is 3. The van der Waals surface area contributed by atoms with Crippen LogP contribution in [0.3, 0.4) is 0 Å². The lowest BCUT2D eigenvalue weighted by molar-refractivity contribution is -0.147. The standard InChI is InChI=1S/C36H58N4O5S/c1-8-11-13-14-20-40(32(41)15-12-9-2)30(25(4)5)22-31(45-10-3)34-39-29(24-46-34)33(42)38-28(23-36(6,7)35(43)44)21-26-16-18-27(37)19-17-26/h16-19,24-25,28,30-31H,8-15,20-23,37H2,1-7H3,(H,38,42)(H,43,44). The zero-order valence-electron chi connectivity index (χ0n) is 29.1. The molecule has 46 heavy (non-hydrogen) atoms. The van der Waals surface area contributed by atoms with Crippen molar-refractivity contribution in [2.45, 2.75) is 131 Å². The first-order valence-electron chi connectivity index (χ1n) is 17.1. The van der Waals surface area contributed by atoms with Gasteiger partial charge in [0.05, 0.1) is 5.41 Å². The van der Waals surface area contributed by atoms with Crippen LogP contribution in [0.25, 0.3) is 0 Å². The summed E-state index contributed by atoms with van der Waals surface area (Å²) < 4.78 is 6.22. The highest BCUT2D eigenvalue weighted by molar-refractivity contribution is 7.09. The number of carbonyl (C=O) groups excluding carboxylic acids is 2. The van der Waals surface area contributed by atoms with E-state index in [0.717, 1.165) is 50.6 Å². The van der Waals surface area contributed by atoms with Gasteiger partial charge in [-0.15, -0.1) is 11.3 Å². The van der Waals surface area contributed by atoms with E-state index in [4.69, 9.17) is 15.5 Å². The highest BCUT2D eigenvalue weighted by atomic mass is 32.1. The van der Waals surface area contributed by atoms with E-state index in [0.29, 0.717) is 36.6 Å². The molecule has 0 aliphatic heterocycles. The Hall–Kier alpha value is -2.98. The number of nitrogens with one attached hydrogen (secondary N) is 1. The Morgan fingerprint density at radius 1 is 1.04 bits per heavy atom. The maximum Gasteiger partial charge on any atom is 0.309 e. The Morgan fingerprint density at radius 3 is 2.30 bits per heavy atom. The van der Waals surface area contributed by atoms with Gasteiger partial charge in [0.1, 0.15) is 16.8 Å². The van der Waals surface area contributed by atoms with Gasteiger partial charge in [0.2, 0.25) is 5.91 Å². The first-order chi connectivity index (χ1) is 21.8. The van der Waals surface area contributed by atoms with Crippen LogP contribution >= 0.6 is 11.3 Å². The summed E-state index contributed by atoms with van der Waals surface area (Å²) in [6.07, 6.45) is 7.70. The summed E-state index contributed by atoms with van der Waals surface area (Å²) in [6.45, 7) is 15.1. The first-order valence-corrected chi connectivity index (χ1v) is 18.0. The van der Waals surface area contributed by atoms with E-state index < -0.39 is 17.4 Å². The Balaban J connectivity index is 2.29. The summed E-state index contributed by atoms with van der Waals surface area (Å²) >= 11 is 1.38. The zero-order valence-corrected chi connectivity index (χ0v) is 30.0. The smallest absolute Gasteiger partial charge is 0.309 e. The minimum atomic E-state index is -1.04. The topological polar surface area (TPSA) is 135 Å². The fraction of sp³-hybridized carbons (Fsp3) is 0.667. The lowest BCUT2D eigenvalue weighted by Crippen LogP contribution is -2.45. The second kappa shape index (κ2) is 19.6. The number of carboxylic acid groups (broad SMARTS) is 1. The van der Waals surface area contributed by atoms with E-state index in [1.807, 2.05) is 19.1 Å². The van der Waals surface area contributed by atoms with Crippen molar-refractivity contribution in [2.24, 2.45) is 11.3 Å². The molecule has 0 spiro atoms. The van der Waals surface area contributed by atoms with Gasteiger partial charge in [-0.25, -0.2) is 4.98 Å². The number of hydrogen-bond acceptors (Lipinski definition) is 7. The van der Waals surface area contributed by atoms with E-state index in [-0.39, 0.29) is 42.0 Å². The molecule has 0 aliphatic rings. The molecule has 0 saturated heterocycles. The summed E-state index contributed by atoms with van der Waals surface area (Å²) in [5.74, 6) is -0.865. The van der Waals surface area contributed by atoms with Crippen LogP contribution in [0.5, 0.6) is 0 Å². The van der Waals surface area contributed by atoms with Crippen LogP contribution in [0.1, 0.15) is 133 Å². The molecule has 3 unspecified atom stereocenters. The molecule has 1 aromatic carbocycles. The lowest BCUT2D eigenvalue weighted by Gasteiger charge is -2.36. The summed E-state index contributed by atoms with van der Waals surface area (Å²) in [6, 6.07) is 6.92. The quantitative estimate of drug-likeness (QED) is 0.0873. The van der Waals surface area contributed by atoms with Crippen molar-refractivity contribution in [3.63, 3.8) is 0 Å². The van der Waals surface area contributed by atoms with Crippen molar-refractivity contribution in [3.8, 4) is 0 Å². The van der Waals surface area contributed by atoms with Crippen LogP contribution in [0.4, 0.5) is 5.69 Å². The SMILES string of the molecule is CCCCCCN(C(=O)CCCC)C(CC(OCC)c1nc(C(=O)NC(Cc2ccc(N)cc2)CC(C)(C)C(=O)O)cs1)C(C)C. The molecule has 0 bridgehead atoms. The predicted octanol–water partition coefficient (Wildman–Crippen LogP) is 7.66. The van der Waals surface area contributed by atoms with E-state index >= 15 is 0 Å². The van der Waals surface area contributed by atoms with Gasteiger partial charge in [-0.1, -0.05) is 65.5 Å². The number of carbonyl (C=O) groups is 3. The number of unbranched alkanes of at least 4 members (excludes halogenated alkanes) is 4. The van der Waals surface area contributed by atoms with Gasteiger partial charge in [-0.2, -0.15) is 0 Å².